The van der Waals surface area contributed by atoms with Gasteiger partial charge in [0, 0.05) is 6.54 Å². The predicted octanol–water partition coefficient (Wildman–Crippen LogP) is 1.19. The summed E-state index contributed by atoms with van der Waals surface area (Å²) in [6.07, 6.45) is 0.725. The normalized spacial score (nSPS) is 20.9. The highest BCUT2D eigenvalue weighted by atomic mass is 16.4. The Kier molecular flexibility index (Phi) is 4.16. The van der Waals surface area contributed by atoms with Gasteiger partial charge in [0.05, 0.1) is 0 Å². The number of rotatable bonds is 3. The van der Waals surface area contributed by atoms with E-state index in [9.17, 15) is 14.7 Å². The number of nitrogens with zero attached hydrogens (tertiary/aromatic N) is 1. The Hall–Kier alpha value is -1.88. The van der Waals surface area contributed by atoms with Gasteiger partial charge in [-0.15, -0.1) is 0 Å². The number of hydrogen-bond acceptors (Lipinski definition) is 3. The average molecular weight is 263 g/mol. The zero-order chi connectivity index (χ0) is 13.8. The van der Waals surface area contributed by atoms with Gasteiger partial charge in [-0.05, 0) is 24.8 Å². The lowest BCUT2D eigenvalue weighted by Crippen LogP contribution is -2.49. The lowest BCUT2D eigenvalue weighted by molar-refractivity contribution is -0.156. The van der Waals surface area contributed by atoms with Crippen molar-refractivity contribution in [1.29, 1.82) is 0 Å². The number of piperidine rings is 1. The molecule has 1 aromatic rings. The fourth-order valence-corrected chi connectivity index (χ4v) is 2.39. The summed E-state index contributed by atoms with van der Waals surface area (Å²) in [5, 5.41) is 19.2. The van der Waals surface area contributed by atoms with Crippen molar-refractivity contribution in [2.45, 2.75) is 31.4 Å². The lowest BCUT2D eigenvalue weighted by atomic mass is 10.00. The van der Waals surface area contributed by atoms with Crippen LogP contribution in [0.15, 0.2) is 30.3 Å². The van der Waals surface area contributed by atoms with E-state index in [-0.39, 0.29) is 0 Å². The first-order valence-corrected chi connectivity index (χ1v) is 6.37. The van der Waals surface area contributed by atoms with Crippen molar-refractivity contribution in [3.63, 3.8) is 0 Å². The Balaban J connectivity index is 2.15. The van der Waals surface area contributed by atoms with Crippen molar-refractivity contribution in [3.05, 3.63) is 35.9 Å². The van der Waals surface area contributed by atoms with Crippen LogP contribution in [-0.2, 0) is 9.59 Å². The first-order chi connectivity index (χ1) is 9.11. The minimum absolute atomic E-state index is 0.389. The number of amides is 1. The molecule has 2 rings (SSSR count). The van der Waals surface area contributed by atoms with Crippen LogP contribution in [0.4, 0.5) is 0 Å². The van der Waals surface area contributed by atoms with Crippen molar-refractivity contribution in [3.8, 4) is 0 Å². The molecule has 1 amide bonds. The van der Waals surface area contributed by atoms with Crippen LogP contribution >= 0.6 is 0 Å². The van der Waals surface area contributed by atoms with E-state index in [0.29, 0.717) is 18.5 Å². The molecule has 5 nitrogen and oxygen atoms in total. The van der Waals surface area contributed by atoms with Crippen LogP contribution in [0.25, 0.3) is 0 Å². The number of aliphatic carboxylic acids is 1. The van der Waals surface area contributed by atoms with E-state index in [1.54, 1.807) is 30.3 Å². The number of carboxylic acid groups (broad SMARTS) is 1. The highest BCUT2D eigenvalue weighted by Gasteiger charge is 2.35. The van der Waals surface area contributed by atoms with Crippen LogP contribution in [-0.4, -0.2) is 39.6 Å². The quantitative estimate of drug-likeness (QED) is 0.858. The number of hydrogen-bond donors (Lipinski definition) is 2. The lowest BCUT2D eigenvalue weighted by Gasteiger charge is -2.34. The molecule has 19 heavy (non-hydrogen) atoms. The molecule has 1 aliphatic heterocycles. The molecular weight excluding hydrogens is 246 g/mol. The third-order valence-electron chi connectivity index (χ3n) is 3.42. The SMILES string of the molecule is O=C(O)C1CCCCN1C(=O)[C@@H](O)c1ccccc1. The molecule has 1 heterocycles. The Morgan fingerprint density at radius 1 is 1.21 bits per heavy atom. The summed E-state index contributed by atoms with van der Waals surface area (Å²) in [5.41, 5.74) is 0.488. The minimum atomic E-state index is -1.29. The molecule has 1 aromatic carbocycles. The van der Waals surface area contributed by atoms with E-state index < -0.39 is 24.0 Å². The van der Waals surface area contributed by atoms with Crippen molar-refractivity contribution in [1.82, 2.24) is 4.90 Å². The second kappa shape index (κ2) is 5.84. The number of aliphatic hydroxyl groups excluding tert-OH is 1. The van der Waals surface area contributed by atoms with Crippen LogP contribution in [0.1, 0.15) is 30.9 Å². The molecule has 102 valence electrons. The molecule has 2 N–H and O–H groups in total. The molecule has 0 aliphatic carbocycles. The molecule has 1 fully saturated rings. The molecule has 0 saturated carbocycles. The van der Waals surface area contributed by atoms with Gasteiger partial charge in [0.1, 0.15) is 6.04 Å². The van der Waals surface area contributed by atoms with Gasteiger partial charge in [0.15, 0.2) is 6.10 Å². The number of aliphatic hydroxyl groups is 1. The highest BCUT2D eigenvalue weighted by molar-refractivity contribution is 5.87. The number of carbonyl (C=O) groups is 2. The van der Waals surface area contributed by atoms with E-state index in [2.05, 4.69) is 0 Å². The maximum absolute atomic E-state index is 12.2. The van der Waals surface area contributed by atoms with Gasteiger partial charge in [0.25, 0.3) is 5.91 Å². The first kappa shape index (κ1) is 13.5. The number of benzene rings is 1. The van der Waals surface area contributed by atoms with Crippen LogP contribution in [0.3, 0.4) is 0 Å². The van der Waals surface area contributed by atoms with E-state index in [1.165, 1.54) is 4.90 Å². The van der Waals surface area contributed by atoms with Gasteiger partial charge in [-0.1, -0.05) is 30.3 Å². The second-order valence-corrected chi connectivity index (χ2v) is 4.69. The zero-order valence-electron chi connectivity index (χ0n) is 10.5. The highest BCUT2D eigenvalue weighted by Crippen LogP contribution is 2.23. The summed E-state index contributed by atoms with van der Waals surface area (Å²) in [6, 6.07) is 7.75. The fraction of sp³-hybridized carbons (Fsp3) is 0.429. The maximum Gasteiger partial charge on any atom is 0.326 e. The predicted molar refractivity (Wildman–Crippen MR) is 68.4 cm³/mol. The Labute approximate surface area is 111 Å². The molecule has 0 radical (unpaired) electrons. The van der Waals surface area contributed by atoms with Crippen LogP contribution < -0.4 is 0 Å². The van der Waals surface area contributed by atoms with Crippen LogP contribution in [0.5, 0.6) is 0 Å². The first-order valence-electron chi connectivity index (χ1n) is 6.37. The Bertz CT molecular complexity index is 460. The van der Waals surface area contributed by atoms with Crippen molar-refractivity contribution in [2.24, 2.45) is 0 Å². The molecule has 0 aromatic heterocycles. The molecule has 1 unspecified atom stereocenters. The topological polar surface area (TPSA) is 77.8 Å². The van der Waals surface area contributed by atoms with Crippen molar-refractivity contribution < 1.29 is 19.8 Å². The molecule has 1 aliphatic rings. The maximum atomic E-state index is 12.2. The van der Waals surface area contributed by atoms with Gasteiger partial charge >= 0.3 is 5.97 Å². The van der Waals surface area contributed by atoms with E-state index in [4.69, 9.17) is 5.11 Å². The van der Waals surface area contributed by atoms with Gasteiger partial charge in [0.2, 0.25) is 0 Å². The fourth-order valence-electron chi connectivity index (χ4n) is 2.39. The Morgan fingerprint density at radius 3 is 2.53 bits per heavy atom. The Morgan fingerprint density at radius 2 is 1.89 bits per heavy atom. The van der Waals surface area contributed by atoms with Gasteiger partial charge in [-0.2, -0.15) is 0 Å². The van der Waals surface area contributed by atoms with Gasteiger partial charge in [-0.25, -0.2) is 4.79 Å². The van der Waals surface area contributed by atoms with Gasteiger partial charge < -0.3 is 15.1 Å². The molecular formula is C14H17NO4. The standard InChI is InChI=1S/C14H17NO4/c16-12(10-6-2-1-3-7-10)13(17)15-9-5-4-8-11(15)14(18)19/h1-3,6-7,11-12,16H,4-5,8-9H2,(H,18,19)/t11?,12-/m0/s1. The largest absolute Gasteiger partial charge is 0.480 e. The van der Waals surface area contributed by atoms with Crippen LogP contribution in [0, 0.1) is 0 Å². The second-order valence-electron chi connectivity index (χ2n) is 4.69. The zero-order valence-corrected chi connectivity index (χ0v) is 10.5. The van der Waals surface area contributed by atoms with Crippen molar-refractivity contribution >= 4 is 11.9 Å². The number of carboxylic acids is 1. The molecule has 5 heteroatoms. The average Bonchev–Trinajstić information content (AvgIpc) is 2.46. The molecule has 0 bridgehead atoms. The summed E-state index contributed by atoms with van der Waals surface area (Å²) in [4.78, 5) is 24.7. The minimum Gasteiger partial charge on any atom is -0.480 e. The smallest absolute Gasteiger partial charge is 0.326 e. The number of carbonyl (C=O) groups excluding carboxylic acids is 1. The summed E-state index contributed by atoms with van der Waals surface area (Å²) in [6.45, 7) is 0.389. The van der Waals surface area contributed by atoms with E-state index >= 15 is 0 Å². The summed E-state index contributed by atoms with van der Waals surface area (Å²) >= 11 is 0. The van der Waals surface area contributed by atoms with Crippen molar-refractivity contribution in [2.75, 3.05) is 6.54 Å². The molecule has 2 atom stereocenters. The monoisotopic (exact) mass is 263 g/mol. The van der Waals surface area contributed by atoms with E-state index in [0.717, 1.165) is 12.8 Å². The molecule has 1 saturated heterocycles. The van der Waals surface area contributed by atoms with Crippen LogP contribution in [0.2, 0.25) is 0 Å². The third kappa shape index (κ3) is 2.93. The third-order valence-corrected chi connectivity index (χ3v) is 3.42. The van der Waals surface area contributed by atoms with Gasteiger partial charge in [-0.3, -0.25) is 4.79 Å². The summed E-state index contributed by atoms with van der Waals surface area (Å²) in [5.74, 6) is -1.54. The van der Waals surface area contributed by atoms with E-state index in [1.807, 2.05) is 0 Å². The summed E-state index contributed by atoms with van der Waals surface area (Å²) in [7, 11) is 0. The number of likely N-dealkylation sites (tertiary alicyclic amines) is 1. The molecule has 0 spiro atoms. The summed E-state index contributed by atoms with van der Waals surface area (Å²) < 4.78 is 0.